The van der Waals surface area contributed by atoms with Crippen LogP contribution in [0, 0.1) is 10.1 Å². The van der Waals surface area contributed by atoms with E-state index in [0.29, 0.717) is 11.3 Å². The van der Waals surface area contributed by atoms with Crippen molar-refractivity contribution in [1.82, 2.24) is 5.32 Å². The van der Waals surface area contributed by atoms with Crippen LogP contribution in [0.3, 0.4) is 0 Å². The molecule has 0 spiro atoms. The van der Waals surface area contributed by atoms with Gasteiger partial charge in [-0.2, -0.15) is 0 Å². The zero-order valence-corrected chi connectivity index (χ0v) is 16.3. The molecule has 0 bridgehead atoms. The highest BCUT2D eigenvalue weighted by Crippen LogP contribution is 2.25. The number of esters is 1. The van der Waals surface area contributed by atoms with Crippen LogP contribution in [0.4, 0.5) is 5.00 Å². The molecule has 148 valence electrons. The van der Waals surface area contributed by atoms with E-state index < -0.39 is 28.9 Å². The number of benzene rings is 2. The second-order valence-electron chi connectivity index (χ2n) is 6.21. The van der Waals surface area contributed by atoms with Crippen molar-refractivity contribution in [3.05, 3.63) is 98.9 Å². The molecular weight excluding hydrogens is 392 g/mol. The molecular formula is C21H18N2O5S. The number of hydrogen-bond donors (Lipinski definition) is 1. The molecule has 2 aromatic carbocycles. The maximum absolute atomic E-state index is 12.7. The molecule has 0 aliphatic rings. The first-order valence-corrected chi connectivity index (χ1v) is 9.63. The van der Waals surface area contributed by atoms with E-state index in [9.17, 15) is 19.7 Å². The molecule has 1 aromatic heterocycles. The summed E-state index contributed by atoms with van der Waals surface area (Å²) in [6.07, 6.45) is -1.07. The maximum Gasteiger partial charge on any atom is 0.349 e. The van der Waals surface area contributed by atoms with Gasteiger partial charge < -0.3 is 10.1 Å². The summed E-state index contributed by atoms with van der Waals surface area (Å²) in [6, 6.07) is 21.0. The number of ether oxygens (including phenoxy) is 1. The monoisotopic (exact) mass is 410 g/mol. The summed E-state index contributed by atoms with van der Waals surface area (Å²) in [5.74, 6) is -1.25. The molecule has 0 aliphatic carbocycles. The fourth-order valence-electron chi connectivity index (χ4n) is 2.72. The van der Waals surface area contributed by atoms with Crippen LogP contribution in [0.2, 0.25) is 0 Å². The highest BCUT2D eigenvalue weighted by molar-refractivity contribution is 7.17. The Labute approximate surface area is 171 Å². The first-order valence-electron chi connectivity index (χ1n) is 8.81. The number of nitrogens with one attached hydrogen (secondary N) is 1. The third-order valence-corrected chi connectivity index (χ3v) is 5.20. The number of nitrogens with zero attached hydrogens (tertiary/aromatic N) is 1. The molecule has 0 aliphatic heterocycles. The van der Waals surface area contributed by atoms with Crippen molar-refractivity contribution in [3.8, 4) is 0 Å². The molecule has 29 heavy (non-hydrogen) atoms. The summed E-state index contributed by atoms with van der Waals surface area (Å²) in [4.78, 5) is 35.1. The van der Waals surface area contributed by atoms with Crippen molar-refractivity contribution in [2.75, 3.05) is 0 Å². The predicted molar refractivity (Wildman–Crippen MR) is 109 cm³/mol. The summed E-state index contributed by atoms with van der Waals surface area (Å²) in [7, 11) is 0. The van der Waals surface area contributed by atoms with Crippen molar-refractivity contribution < 1.29 is 19.2 Å². The van der Waals surface area contributed by atoms with Gasteiger partial charge in [-0.3, -0.25) is 14.9 Å². The van der Waals surface area contributed by atoms with E-state index >= 15 is 0 Å². The second kappa shape index (κ2) is 9.11. The predicted octanol–water partition coefficient (Wildman–Crippen LogP) is 4.11. The Morgan fingerprint density at radius 2 is 1.52 bits per heavy atom. The lowest BCUT2D eigenvalue weighted by molar-refractivity contribution is -0.380. The highest BCUT2D eigenvalue weighted by atomic mass is 32.1. The van der Waals surface area contributed by atoms with Gasteiger partial charge >= 0.3 is 11.0 Å². The van der Waals surface area contributed by atoms with Gasteiger partial charge in [-0.25, -0.2) is 4.79 Å². The number of thiophene rings is 1. The maximum atomic E-state index is 12.7. The molecule has 1 heterocycles. The van der Waals surface area contributed by atoms with Crippen LogP contribution < -0.4 is 5.32 Å². The average Bonchev–Trinajstić information content (AvgIpc) is 3.24. The van der Waals surface area contributed by atoms with Gasteiger partial charge in [-0.05, 0) is 24.1 Å². The third-order valence-electron chi connectivity index (χ3n) is 4.18. The topological polar surface area (TPSA) is 98.5 Å². The molecule has 7 nitrogen and oxygen atoms in total. The first kappa shape index (κ1) is 20.2. The molecule has 1 atom stereocenters. The summed E-state index contributed by atoms with van der Waals surface area (Å²) < 4.78 is 5.20. The van der Waals surface area contributed by atoms with Gasteiger partial charge in [-0.15, -0.1) is 0 Å². The van der Waals surface area contributed by atoms with Crippen LogP contribution in [0.5, 0.6) is 0 Å². The molecule has 1 N–H and O–H groups in total. The number of carbonyl (C=O) groups excluding carboxylic acids is 2. The Bertz CT molecular complexity index is 965. The summed E-state index contributed by atoms with van der Waals surface area (Å²) in [6.45, 7) is 1.46. The van der Waals surface area contributed by atoms with Crippen LogP contribution in [-0.4, -0.2) is 22.9 Å². The molecule has 8 heteroatoms. The van der Waals surface area contributed by atoms with Gasteiger partial charge in [0.1, 0.15) is 4.88 Å². The number of rotatable bonds is 7. The largest absolute Gasteiger partial charge is 0.448 e. The van der Waals surface area contributed by atoms with E-state index in [1.165, 1.54) is 19.1 Å². The molecule has 0 fully saturated rings. The smallest absolute Gasteiger partial charge is 0.349 e. The van der Waals surface area contributed by atoms with E-state index in [-0.39, 0.29) is 9.88 Å². The lowest BCUT2D eigenvalue weighted by Gasteiger charge is -2.22. The minimum Gasteiger partial charge on any atom is -0.448 e. The van der Waals surface area contributed by atoms with Gasteiger partial charge in [0, 0.05) is 6.07 Å². The van der Waals surface area contributed by atoms with Crippen molar-refractivity contribution in [2.24, 2.45) is 0 Å². The lowest BCUT2D eigenvalue weighted by Crippen LogP contribution is -2.38. The molecule has 0 unspecified atom stereocenters. The SMILES string of the molecule is C[C@H](OC(=O)c1ccc([N+](=O)[O-])s1)C(=O)NC(c1ccccc1)c1ccccc1. The van der Waals surface area contributed by atoms with E-state index in [0.717, 1.165) is 11.1 Å². The second-order valence-corrected chi connectivity index (χ2v) is 7.27. The zero-order valence-electron chi connectivity index (χ0n) is 15.5. The van der Waals surface area contributed by atoms with Gasteiger partial charge in [-0.1, -0.05) is 72.0 Å². The fourth-order valence-corrected chi connectivity index (χ4v) is 3.42. The Morgan fingerprint density at radius 3 is 2.00 bits per heavy atom. The van der Waals surface area contributed by atoms with E-state index in [1.807, 2.05) is 60.7 Å². The standard InChI is InChI=1S/C21H18N2O5S/c1-14(28-21(25)17-12-13-18(29-17)23(26)27)20(24)22-19(15-8-4-2-5-9-15)16-10-6-3-7-11-16/h2-14,19H,1H3,(H,22,24)/t14-/m0/s1. The minimum atomic E-state index is -1.07. The van der Waals surface area contributed by atoms with Gasteiger partial charge in [0.25, 0.3) is 5.91 Å². The molecule has 3 rings (SSSR count). The molecule has 0 saturated carbocycles. The van der Waals surface area contributed by atoms with Gasteiger partial charge in [0.2, 0.25) is 0 Å². The highest BCUT2D eigenvalue weighted by Gasteiger charge is 2.25. The Morgan fingerprint density at radius 1 is 0.966 bits per heavy atom. The van der Waals surface area contributed by atoms with Gasteiger partial charge in [0.05, 0.1) is 11.0 Å². The van der Waals surface area contributed by atoms with Crippen molar-refractivity contribution in [3.63, 3.8) is 0 Å². The molecule has 1 amide bonds. The average molecular weight is 410 g/mol. The lowest BCUT2D eigenvalue weighted by atomic mass is 9.98. The number of hydrogen-bond acceptors (Lipinski definition) is 6. The molecule has 0 saturated heterocycles. The third kappa shape index (κ3) is 5.05. The van der Waals surface area contributed by atoms with Crippen LogP contribution in [0.1, 0.15) is 33.8 Å². The normalized spacial score (nSPS) is 11.7. The Kier molecular flexibility index (Phi) is 6.36. The van der Waals surface area contributed by atoms with E-state index in [2.05, 4.69) is 5.32 Å². The van der Waals surface area contributed by atoms with Crippen LogP contribution >= 0.6 is 11.3 Å². The summed E-state index contributed by atoms with van der Waals surface area (Å²) >= 11 is 0.705. The summed E-state index contributed by atoms with van der Waals surface area (Å²) in [5.41, 5.74) is 1.78. The van der Waals surface area contributed by atoms with Crippen LogP contribution in [-0.2, 0) is 9.53 Å². The Balaban J connectivity index is 1.72. The summed E-state index contributed by atoms with van der Waals surface area (Å²) in [5, 5.41) is 13.5. The van der Waals surface area contributed by atoms with Crippen molar-refractivity contribution in [2.45, 2.75) is 19.1 Å². The number of nitro groups is 1. The number of amides is 1. The molecule has 3 aromatic rings. The van der Waals surface area contributed by atoms with Crippen molar-refractivity contribution >= 4 is 28.2 Å². The molecule has 0 radical (unpaired) electrons. The fraction of sp³-hybridized carbons (Fsp3) is 0.143. The Hall–Kier alpha value is -3.52. The van der Waals surface area contributed by atoms with E-state index in [1.54, 1.807) is 0 Å². The van der Waals surface area contributed by atoms with Gasteiger partial charge in [0.15, 0.2) is 6.10 Å². The number of carbonyl (C=O) groups is 2. The van der Waals surface area contributed by atoms with E-state index in [4.69, 9.17) is 4.74 Å². The van der Waals surface area contributed by atoms with Crippen molar-refractivity contribution in [1.29, 1.82) is 0 Å². The first-order chi connectivity index (χ1) is 14.0. The minimum absolute atomic E-state index is 0.0685. The van der Waals surface area contributed by atoms with Crippen LogP contribution in [0.15, 0.2) is 72.8 Å². The quantitative estimate of drug-likeness (QED) is 0.359. The zero-order chi connectivity index (χ0) is 20.8. The van der Waals surface area contributed by atoms with Crippen LogP contribution in [0.25, 0.3) is 0 Å².